The number of urea groups is 1. The maximum absolute atomic E-state index is 12.0. The zero-order valence-electron chi connectivity index (χ0n) is 12.0. The fourth-order valence-electron chi connectivity index (χ4n) is 1.87. The van der Waals surface area contributed by atoms with Crippen molar-refractivity contribution < 1.29 is 19.1 Å². The highest BCUT2D eigenvalue weighted by atomic mass is 16.4. The van der Waals surface area contributed by atoms with Crippen LogP contribution in [0.15, 0.2) is 22.8 Å². The smallest absolute Gasteiger partial charge is 0.323 e. The monoisotopic (exact) mass is 282 g/mol. The Kier molecular flexibility index (Phi) is 6.63. The van der Waals surface area contributed by atoms with Crippen LogP contribution in [-0.2, 0) is 11.2 Å². The van der Waals surface area contributed by atoms with E-state index < -0.39 is 5.97 Å². The van der Waals surface area contributed by atoms with E-state index in [0.29, 0.717) is 6.54 Å². The summed E-state index contributed by atoms with van der Waals surface area (Å²) >= 11 is 0. The minimum atomic E-state index is -1.00. The first-order chi connectivity index (χ1) is 9.52. The van der Waals surface area contributed by atoms with Crippen molar-refractivity contribution in [1.82, 2.24) is 10.2 Å². The molecule has 1 aromatic heterocycles. The van der Waals surface area contributed by atoms with Gasteiger partial charge in [-0.15, -0.1) is 0 Å². The molecule has 0 bridgehead atoms. The molecule has 20 heavy (non-hydrogen) atoms. The summed E-state index contributed by atoms with van der Waals surface area (Å²) in [6, 6.07) is 3.35. The molecule has 0 aliphatic carbocycles. The molecular formula is C14H22N2O4. The van der Waals surface area contributed by atoms with E-state index in [9.17, 15) is 9.59 Å². The molecule has 0 aromatic carbocycles. The number of amides is 2. The summed E-state index contributed by atoms with van der Waals surface area (Å²) < 4.78 is 5.23. The molecule has 2 N–H and O–H groups in total. The second kappa shape index (κ2) is 8.24. The summed E-state index contributed by atoms with van der Waals surface area (Å²) in [7, 11) is 0. The van der Waals surface area contributed by atoms with Gasteiger partial charge in [-0.2, -0.15) is 0 Å². The number of rotatable bonds is 8. The molecule has 0 fully saturated rings. The van der Waals surface area contributed by atoms with Gasteiger partial charge in [-0.25, -0.2) is 4.79 Å². The van der Waals surface area contributed by atoms with Crippen LogP contribution in [-0.4, -0.2) is 41.1 Å². The quantitative estimate of drug-likeness (QED) is 0.765. The lowest BCUT2D eigenvalue weighted by Gasteiger charge is -2.23. The summed E-state index contributed by atoms with van der Waals surface area (Å²) in [6.45, 7) is 3.96. The number of carbonyl (C=O) groups is 2. The maximum atomic E-state index is 12.0. The molecule has 0 aliphatic heterocycles. The topological polar surface area (TPSA) is 82.8 Å². The highest BCUT2D eigenvalue weighted by Gasteiger charge is 2.17. The van der Waals surface area contributed by atoms with E-state index in [1.807, 2.05) is 26.0 Å². The standard InChI is InChI=1S/C14H22N2O4/c1-3-8-16(10-13(17)18)14(19)15-11(2)6-7-12-5-4-9-20-12/h4-5,9,11H,3,6-8,10H2,1-2H3,(H,15,19)(H,17,18). The highest BCUT2D eigenvalue weighted by Crippen LogP contribution is 2.06. The lowest BCUT2D eigenvalue weighted by molar-refractivity contribution is -0.137. The first-order valence-corrected chi connectivity index (χ1v) is 6.82. The molecule has 1 heterocycles. The molecule has 0 aliphatic rings. The normalized spacial score (nSPS) is 11.9. The second-order valence-electron chi connectivity index (χ2n) is 4.78. The summed E-state index contributed by atoms with van der Waals surface area (Å²) in [6.07, 6.45) is 3.82. The van der Waals surface area contributed by atoms with E-state index in [-0.39, 0.29) is 18.6 Å². The van der Waals surface area contributed by atoms with Gasteiger partial charge in [0.05, 0.1) is 6.26 Å². The third kappa shape index (κ3) is 5.77. The Balaban J connectivity index is 2.39. The highest BCUT2D eigenvalue weighted by molar-refractivity contribution is 5.80. The number of aliphatic carboxylic acids is 1. The van der Waals surface area contributed by atoms with Gasteiger partial charge in [0.2, 0.25) is 0 Å². The van der Waals surface area contributed by atoms with Crippen molar-refractivity contribution in [2.24, 2.45) is 0 Å². The van der Waals surface area contributed by atoms with Crippen molar-refractivity contribution >= 4 is 12.0 Å². The van der Waals surface area contributed by atoms with Crippen LogP contribution >= 0.6 is 0 Å². The molecule has 6 nitrogen and oxygen atoms in total. The minimum Gasteiger partial charge on any atom is -0.480 e. The number of carbonyl (C=O) groups excluding carboxylic acids is 1. The second-order valence-corrected chi connectivity index (χ2v) is 4.78. The van der Waals surface area contributed by atoms with Crippen LogP contribution in [0.1, 0.15) is 32.4 Å². The number of carboxylic acids is 1. The van der Waals surface area contributed by atoms with Gasteiger partial charge in [0.1, 0.15) is 12.3 Å². The number of hydrogen-bond donors (Lipinski definition) is 2. The summed E-state index contributed by atoms with van der Waals surface area (Å²) in [5.74, 6) is -0.126. The lowest BCUT2D eigenvalue weighted by Crippen LogP contribution is -2.46. The lowest BCUT2D eigenvalue weighted by atomic mass is 10.1. The summed E-state index contributed by atoms with van der Waals surface area (Å²) in [5.41, 5.74) is 0. The minimum absolute atomic E-state index is 0.0410. The zero-order valence-corrected chi connectivity index (χ0v) is 12.0. The molecule has 0 radical (unpaired) electrons. The Bertz CT molecular complexity index is 417. The average molecular weight is 282 g/mol. The molecule has 112 valence electrons. The van der Waals surface area contributed by atoms with Crippen molar-refractivity contribution in [2.45, 2.75) is 39.2 Å². The van der Waals surface area contributed by atoms with Crippen LogP contribution in [0.5, 0.6) is 0 Å². The Morgan fingerprint density at radius 1 is 1.50 bits per heavy atom. The Hall–Kier alpha value is -1.98. The number of carboxylic acid groups (broad SMARTS) is 1. The largest absolute Gasteiger partial charge is 0.480 e. The van der Waals surface area contributed by atoms with E-state index in [0.717, 1.165) is 25.0 Å². The summed E-state index contributed by atoms with van der Waals surface area (Å²) in [5, 5.41) is 11.6. The van der Waals surface area contributed by atoms with Gasteiger partial charge in [0.25, 0.3) is 0 Å². The van der Waals surface area contributed by atoms with Gasteiger partial charge in [-0.05, 0) is 31.9 Å². The van der Waals surface area contributed by atoms with E-state index in [1.165, 1.54) is 4.90 Å². The summed E-state index contributed by atoms with van der Waals surface area (Å²) in [4.78, 5) is 24.0. The molecule has 1 unspecified atom stereocenters. The molecule has 1 aromatic rings. The van der Waals surface area contributed by atoms with Crippen LogP contribution in [0.2, 0.25) is 0 Å². The fourth-order valence-corrected chi connectivity index (χ4v) is 1.87. The molecule has 1 rings (SSSR count). The van der Waals surface area contributed by atoms with Gasteiger partial charge in [0.15, 0.2) is 0 Å². The Morgan fingerprint density at radius 2 is 2.25 bits per heavy atom. The van der Waals surface area contributed by atoms with Crippen molar-refractivity contribution in [3.8, 4) is 0 Å². The number of hydrogen-bond acceptors (Lipinski definition) is 3. The molecule has 0 saturated carbocycles. The molecular weight excluding hydrogens is 260 g/mol. The van der Waals surface area contributed by atoms with Crippen LogP contribution < -0.4 is 5.32 Å². The van der Waals surface area contributed by atoms with Crippen molar-refractivity contribution in [2.75, 3.05) is 13.1 Å². The van der Waals surface area contributed by atoms with Crippen LogP contribution in [0.3, 0.4) is 0 Å². The maximum Gasteiger partial charge on any atom is 0.323 e. The first-order valence-electron chi connectivity index (χ1n) is 6.82. The SMILES string of the molecule is CCCN(CC(=O)O)C(=O)NC(C)CCc1ccco1. The van der Waals surface area contributed by atoms with Crippen molar-refractivity contribution in [3.63, 3.8) is 0 Å². The van der Waals surface area contributed by atoms with Crippen LogP contribution in [0.25, 0.3) is 0 Å². The molecule has 0 spiro atoms. The van der Waals surface area contributed by atoms with E-state index in [2.05, 4.69) is 5.32 Å². The Labute approximate surface area is 118 Å². The van der Waals surface area contributed by atoms with Crippen LogP contribution in [0.4, 0.5) is 4.79 Å². The third-order valence-corrected chi connectivity index (χ3v) is 2.88. The predicted octanol–water partition coefficient (Wildman–Crippen LogP) is 2.11. The fraction of sp³-hybridized carbons (Fsp3) is 0.571. The molecule has 6 heteroatoms. The molecule has 1 atom stereocenters. The van der Waals surface area contributed by atoms with Crippen molar-refractivity contribution in [1.29, 1.82) is 0 Å². The Morgan fingerprint density at radius 3 is 2.80 bits per heavy atom. The number of furan rings is 1. The number of nitrogens with zero attached hydrogens (tertiary/aromatic N) is 1. The van der Waals surface area contributed by atoms with Gasteiger partial charge in [0, 0.05) is 19.0 Å². The van der Waals surface area contributed by atoms with E-state index in [1.54, 1.807) is 6.26 Å². The molecule has 0 saturated heterocycles. The van der Waals surface area contributed by atoms with Gasteiger partial charge in [-0.3, -0.25) is 4.79 Å². The van der Waals surface area contributed by atoms with Crippen LogP contribution in [0, 0.1) is 0 Å². The van der Waals surface area contributed by atoms with E-state index in [4.69, 9.17) is 9.52 Å². The van der Waals surface area contributed by atoms with Gasteiger partial charge >= 0.3 is 12.0 Å². The van der Waals surface area contributed by atoms with Gasteiger partial charge in [-0.1, -0.05) is 6.92 Å². The predicted molar refractivity (Wildman–Crippen MR) is 74.5 cm³/mol. The average Bonchev–Trinajstić information content (AvgIpc) is 2.88. The number of nitrogens with one attached hydrogen (secondary N) is 1. The van der Waals surface area contributed by atoms with Crippen molar-refractivity contribution in [3.05, 3.63) is 24.2 Å². The zero-order chi connectivity index (χ0) is 15.0. The molecule has 2 amide bonds. The number of aryl methyl sites for hydroxylation is 1. The van der Waals surface area contributed by atoms with Gasteiger partial charge < -0.3 is 19.7 Å². The third-order valence-electron chi connectivity index (χ3n) is 2.88. The van der Waals surface area contributed by atoms with E-state index >= 15 is 0 Å². The first kappa shape index (κ1) is 16.1.